The highest BCUT2D eigenvalue weighted by Crippen LogP contribution is 2.18. The van der Waals surface area contributed by atoms with Crippen molar-refractivity contribution in [3.63, 3.8) is 0 Å². The molecule has 0 spiro atoms. The van der Waals surface area contributed by atoms with Crippen LogP contribution in [0.3, 0.4) is 0 Å². The summed E-state index contributed by atoms with van der Waals surface area (Å²) in [6.07, 6.45) is 3.15. The molecule has 0 unspecified atom stereocenters. The second kappa shape index (κ2) is 6.60. The van der Waals surface area contributed by atoms with E-state index in [2.05, 4.69) is 20.8 Å². The number of fused-ring (bicyclic) bond motifs is 2. The number of amides is 2. The van der Waals surface area contributed by atoms with Crippen molar-refractivity contribution in [1.29, 1.82) is 0 Å². The van der Waals surface area contributed by atoms with Gasteiger partial charge in [0, 0.05) is 23.5 Å². The summed E-state index contributed by atoms with van der Waals surface area (Å²) in [5, 5.41) is 1.78. The van der Waals surface area contributed by atoms with E-state index in [1.54, 1.807) is 42.7 Å². The van der Waals surface area contributed by atoms with Crippen molar-refractivity contribution in [3.8, 4) is 0 Å². The van der Waals surface area contributed by atoms with Crippen molar-refractivity contribution < 1.29 is 9.59 Å². The predicted molar refractivity (Wildman–Crippen MR) is 98.4 cm³/mol. The van der Waals surface area contributed by atoms with Gasteiger partial charge in [0.05, 0.1) is 11.0 Å². The van der Waals surface area contributed by atoms with Gasteiger partial charge in [-0.2, -0.15) is 0 Å². The number of hydrazine groups is 1. The van der Waals surface area contributed by atoms with E-state index in [4.69, 9.17) is 0 Å². The maximum absolute atomic E-state index is 12.5. The molecule has 4 rings (SSSR count). The molecule has 126 valence electrons. The molecule has 6 nitrogen and oxygen atoms in total. The van der Waals surface area contributed by atoms with Crippen LogP contribution in [0.25, 0.3) is 21.8 Å². The highest BCUT2D eigenvalue weighted by atomic mass is 16.2. The summed E-state index contributed by atoms with van der Waals surface area (Å²) >= 11 is 0. The summed E-state index contributed by atoms with van der Waals surface area (Å²) in [6.45, 7) is 0. The maximum atomic E-state index is 12.5. The molecular formula is C20H14N4O2. The van der Waals surface area contributed by atoms with Gasteiger partial charge in [-0.05, 0) is 35.0 Å². The van der Waals surface area contributed by atoms with E-state index >= 15 is 0 Å². The average Bonchev–Trinajstić information content (AvgIpc) is 2.71. The van der Waals surface area contributed by atoms with E-state index in [1.165, 1.54) is 0 Å². The Morgan fingerprint density at radius 1 is 0.731 bits per heavy atom. The fourth-order valence-corrected chi connectivity index (χ4v) is 2.78. The minimum atomic E-state index is -0.425. The van der Waals surface area contributed by atoms with E-state index in [-0.39, 0.29) is 5.91 Å². The Morgan fingerprint density at radius 2 is 1.46 bits per heavy atom. The van der Waals surface area contributed by atoms with Gasteiger partial charge >= 0.3 is 0 Å². The number of rotatable bonds is 2. The highest BCUT2D eigenvalue weighted by molar-refractivity contribution is 6.08. The molecule has 2 amide bonds. The molecule has 1 aromatic heterocycles. The van der Waals surface area contributed by atoms with Crippen LogP contribution in [0.1, 0.15) is 20.7 Å². The van der Waals surface area contributed by atoms with Crippen molar-refractivity contribution in [2.24, 2.45) is 0 Å². The predicted octanol–water partition coefficient (Wildman–Crippen LogP) is 2.86. The third-order valence-electron chi connectivity index (χ3n) is 4.06. The lowest BCUT2D eigenvalue weighted by atomic mass is 10.0. The molecule has 3 aromatic carbocycles. The maximum Gasteiger partial charge on any atom is 0.270 e. The first kappa shape index (κ1) is 15.7. The van der Waals surface area contributed by atoms with Gasteiger partial charge in [0.1, 0.15) is 0 Å². The zero-order chi connectivity index (χ0) is 17.9. The molecule has 0 aliphatic heterocycles. The Labute approximate surface area is 148 Å². The van der Waals surface area contributed by atoms with Crippen LogP contribution in [0.15, 0.2) is 73.1 Å². The van der Waals surface area contributed by atoms with Crippen LogP contribution >= 0.6 is 0 Å². The van der Waals surface area contributed by atoms with Gasteiger partial charge in [-0.3, -0.25) is 30.4 Å². The minimum absolute atomic E-state index is 0.379. The second-order valence-corrected chi connectivity index (χ2v) is 5.69. The lowest BCUT2D eigenvalue weighted by molar-refractivity contribution is 0.0847. The molecule has 0 saturated heterocycles. The smallest absolute Gasteiger partial charge is 0.267 e. The largest absolute Gasteiger partial charge is 0.270 e. The number of carbonyl (C=O) groups excluding carboxylic acids is 2. The lowest BCUT2D eigenvalue weighted by Gasteiger charge is -2.09. The average molecular weight is 342 g/mol. The van der Waals surface area contributed by atoms with Crippen LogP contribution in [-0.2, 0) is 0 Å². The molecule has 0 saturated carbocycles. The van der Waals surface area contributed by atoms with E-state index < -0.39 is 5.91 Å². The van der Waals surface area contributed by atoms with Crippen molar-refractivity contribution >= 4 is 33.6 Å². The zero-order valence-electron chi connectivity index (χ0n) is 13.6. The molecule has 0 aliphatic carbocycles. The van der Waals surface area contributed by atoms with Crippen molar-refractivity contribution in [2.45, 2.75) is 0 Å². The molecule has 0 bridgehead atoms. The molecule has 6 heteroatoms. The summed E-state index contributed by atoms with van der Waals surface area (Å²) < 4.78 is 0. The quantitative estimate of drug-likeness (QED) is 0.549. The van der Waals surface area contributed by atoms with Crippen LogP contribution in [0.4, 0.5) is 0 Å². The SMILES string of the molecule is O=C(NNC(=O)c1cccc2ccccc12)c1ccc2nccnc2c1. The third kappa shape index (κ3) is 2.95. The van der Waals surface area contributed by atoms with Crippen LogP contribution < -0.4 is 10.9 Å². The summed E-state index contributed by atoms with van der Waals surface area (Å²) in [5.74, 6) is -0.804. The monoisotopic (exact) mass is 342 g/mol. The Morgan fingerprint density at radius 3 is 2.35 bits per heavy atom. The zero-order valence-corrected chi connectivity index (χ0v) is 13.6. The molecule has 0 aliphatic rings. The van der Waals surface area contributed by atoms with Crippen LogP contribution in [0.5, 0.6) is 0 Å². The number of carbonyl (C=O) groups is 2. The number of hydrogen-bond donors (Lipinski definition) is 2. The van der Waals surface area contributed by atoms with Gasteiger partial charge in [0.15, 0.2) is 0 Å². The van der Waals surface area contributed by atoms with Gasteiger partial charge in [0.25, 0.3) is 11.8 Å². The van der Waals surface area contributed by atoms with Gasteiger partial charge in [-0.1, -0.05) is 36.4 Å². The fraction of sp³-hybridized carbons (Fsp3) is 0. The fourth-order valence-electron chi connectivity index (χ4n) is 2.78. The van der Waals surface area contributed by atoms with E-state index in [9.17, 15) is 9.59 Å². The number of nitrogens with one attached hydrogen (secondary N) is 2. The Balaban J connectivity index is 1.52. The van der Waals surface area contributed by atoms with E-state index in [1.807, 2.05) is 30.3 Å². The summed E-state index contributed by atoms with van der Waals surface area (Å²) in [6, 6.07) is 18.0. The molecule has 1 heterocycles. The third-order valence-corrected chi connectivity index (χ3v) is 4.06. The molecule has 0 atom stereocenters. The number of aromatic nitrogens is 2. The molecule has 4 aromatic rings. The van der Waals surface area contributed by atoms with Crippen molar-refractivity contribution in [2.75, 3.05) is 0 Å². The van der Waals surface area contributed by atoms with Crippen LogP contribution in [0.2, 0.25) is 0 Å². The molecule has 2 N–H and O–H groups in total. The van der Waals surface area contributed by atoms with Crippen LogP contribution in [0, 0.1) is 0 Å². The molecular weight excluding hydrogens is 328 g/mol. The number of hydrogen-bond acceptors (Lipinski definition) is 4. The first-order valence-corrected chi connectivity index (χ1v) is 8.01. The lowest BCUT2D eigenvalue weighted by Crippen LogP contribution is -2.41. The van der Waals surface area contributed by atoms with Crippen LogP contribution in [-0.4, -0.2) is 21.8 Å². The summed E-state index contributed by atoms with van der Waals surface area (Å²) in [4.78, 5) is 33.1. The normalized spacial score (nSPS) is 10.6. The van der Waals surface area contributed by atoms with E-state index in [0.29, 0.717) is 22.2 Å². The first-order valence-electron chi connectivity index (χ1n) is 8.01. The molecule has 0 fully saturated rings. The standard InChI is InChI=1S/C20H14N4O2/c25-19(14-8-9-17-18(12-14)22-11-10-21-17)23-24-20(26)16-7-3-5-13-4-1-2-6-15(13)16/h1-12H,(H,23,25)(H,24,26). The minimum Gasteiger partial charge on any atom is -0.267 e. The second-order valence-electron chi connectivity index (χ2n) is 5.69. The Hall–Kier alpha value is -3.80. The summed E-state index contributed by atoms with van der Waals surface area (Å²) in [7, 11) is 0. The Bertz CT molecular complexity index is 1140. The highest BCUT2D eigenvalue weighted by Gasteiger charge is 2.12. The van der Waals surface area contributed by atoms with Gasteiger partial charge in [-0.15, -0.1) is 0 Å². The number of benzene rings is 3. The molecule has 0 radical (unpaired) electrons. The van der Waals surface area contributed by atoms with Crippen molar-refractivity contribution in [3.05, 3.63) is 84.2 Å². The first-order chi connectivity index (χ1) is 12.7. The van der Waals surface area contributed by atoms with Gasteiger partial charge in [-0.25, -0.2) is 0 Å². The molecule has 26 heavy (non-hydrogen) atoms. The van der Waals surface area contributed by atoms with E-state index in [0.717, 1.165) is 10.8 Å². The summed E-state index contributed by atoms with van der Waals surface area (Å²) in [5.41, 5.74) is 7.09. The van der Waals surface area contributed by atoms with Gasteiger partial charge in [0.2, 0.25) is 0 Å². The topological polar surface area (TPSA) is 84.0 Å². The Kier molecular flexibility index (Phi) is 3.99. The number of nitrogens with zero attached hydrogens (tertiary/aromatic N) is 2. The van der Waals surface area contributed by atoms with Gasteiger partial charge < -0.3 is 0 Å². The van der Waals surface area contributed by atoms with Crippen molar-refractivity contribution in [1.82, 2.24) is 20.8 Å².